The van der Waals surface area contributed by atoms with Crippen LogP contribution in [0.25, 0.3) is 16.5 Å². The summed E-state index contributed by atoms with van der Waals surface area (Å²) < 4.78 is 13.9. The van der Waals surface area contributed by atoms with E-state index in [1.54, 1.807) is 53.4 Å². The van der Waals surface area contributed by atoms with Gasteiger partial charge in [-0.1, -0.05) is 67.7 Å². The Labute approximate surface area is 330 Å². The van der Waals surface area contributed by atoms with Gasteiger partial charge in [-0.15, -0.1) is 0 Å². The van der Waals surface area contributed by atoms with Crippen molar-refractivity contribution in [3.63, 3.8) is 0 Å². The van der Waals surface area contributed by atoms with Gasteiger partial charge in [-0.2, -0.15) is 9.78 Å². The standard InChI is InChI=1S/C43H45N5O8Si/c1-27-40(57(3,4)34-17-15-33(55-2)16-18-34)38(23-39(50)45-20-8-12-32(45)26-49)56-43(27)36-22-31(48(53)54)14-19-37(36)46(42(43)52)25-28-9-7-11-30(21-28)47-41(51)35-13-6-5-10-29(35)24-44-47/h5-7,9-11,13-19,21-22,24,27,32,38,40,49H,8,12,20,23,25-26H2,1-4H3/t27-,32-,38+,40-,43+/m0/s1. The van der Waals surface area contributed by atoms with Crippen LogP contribution in [0.4, 0.5) is 11.4 Å². The average molecular weight is 788 g/mol. The number of likely N-dealkylation sites (tertiary alicyclic amines) is 1. The predicted molar refractivity (Wildman–Crippen MR) is 218 cm³/mol. The van der Waals surface area contributed by atoms with Gasteiger partial charge in [0.1, 0.15) is 5.75 Å². The number of carbonyl (C=O) groups excluding carboxylic acids is 2. The van der Waals surface area contributed by atoms with Crippen LogP contribution in [0.3, 0.4) is 0 Å². The van der Waals surface area contributed by atoms with Crippen molar-refractivity contribution >= 4 is 47.2 Å². The fourth-order valence-corrected chi connectivity index (χ4v) is 13.7. The van der Waals surface area contributed by atoms with Crippen LogP contribution in [0, 0.1) is 16.0 Å². The second-order valence-corrected chi connectivity index (χ2v) is 20.6. The third-order valence-electron chi connectivity index (χ3n) is 12.5. The molecule has 2 saturated heterocycles. The normalized spacial score (nSPS) is 23.1. The van der Waals surface area contributed by atoms with E-state index in [1.165, 1.54) is 16.8 Å². The van der Waals surface area contributed by atoms with Crippen molar-refractivity contribution in [1.82, 2.24) is 14.7 Å². The number of non-ortho nitro benzene ring substituents is 1. The molecule has 2 fully saturated rings. The molecule has 0 radical (unpaired) electrons. The van der Waals surface area contributed by atoms with Gasteiger partial charge in [0, 0.05) is 35.5 Å². The summed E-state index contributed by atoms with van der Waals surface area (Å²) in [6, 6.07) is 26.5. The minimum Gasteiger partial charge on any atom is -0.497 e. The van der Waals surface area contributed by atoms with Crippen LogP contribution in [0.5, 0.6) is 5.75 Å². The number of nitrogens with zero attached hydrogens (tertiary/aromatic N) is 5. The van der Waals surface area contributed by atoms with Gasteiger partial charge in [0.25, 0.3) is 17.2 Å². The number of amides is 2. The molecule has 57 heavy (non-hydrogen) atoms. The quantitative estimate of drug-likeness (QED) is 0.111. The largest absolute Gasteiger partial charge is 0.497 e. The molecule has 0 aliphatic carbocycles. The molecule has 5 aromatic rings. The molecule has 5 atom stereocenters. The number of hydrogen-bond acceptors (Lipinski definition) is 9. The SMILES string of the molecule is COc1ccc([Si](C)(C)[C@@H]2[C@@H](CC(=O)N3CCC[C@H]3CO)O[C@]3(C(=O)N(Cc4cccc(-n5ncc6ccccc6c5=O)c4)c4ccc([N+](=O)[O-])cc43)[C@H]2C)cc1. The number of nitro groups is 1. The van der Waals surface area contributed by atoms with Crippen molar-refractivity contribution in [2.24, 2.45) is 5.92 Å². The van der Waals surface area contributed by atoms with Gasteiger partial charge in [0.2, 0.25) is 5.91 Å². The first kappa shape index (κ1) is 38.2. The number of methoxy groups -OCH3 is 1. The molecule has 3 aliphatic heterocycles. The van der Waals surface area contributed by atoms with Gasteiger partial charge in [0.15, 0.2) is 5.60 Å². The molecule has 8 rings (SSSR count). The van der Waals surface area contributed by atoms with Crippen LogP contribution in [0.15, 0.2) is 102 Å². The number of aliphatic hydroxyl groups is 1. The summed E-state index contributed by atoms with van der Waals surface area (Å²) in [6.07, 6.45) is 2.42. The number of rotatable bonds is 10. The summed E-state index contributed by atoms with van der Waals surface area (Å²) in [5.74, 6) is -0.317. The number of fused-ring (bicyclic) bond motifs is 3. The van der Waals surface area contributed by atoms with Gasteiger partial charge < -0.3 is 24.4 Å². The number of hydrogen-bond donors (Lipinski definition) is 1. The Morgan fingerprint density at radius 1 is 1.05 bits per heavy atom. The zero-order valence-corrected chi connectivity index (χ0v) is 33.3. The summed E-state index contributed by atoms with van der Waals surface area (Å²) >= 11 is 0. The Morgan fingerprint density at radius 3 is 2.56 bits per heavy atom. The first-order chi connectivity index (χ1) is 27.4. The van der Waals surface area contributed by atoms with E-state index in [0.29, 0.717) is 46.6 Å². The number of anilines is 1. The van der Waals surface area contributed by atoms with Crippen LogP contribution in [-0.2, 0) is 26.5 Å². The van der Waals surface area contributed by atoms with Gasteiger partial charge in [-0.05, 0) is 60.3 Å². The summed E-state index contributed by atoms with van der Waals surface area (Å²) in [5.41, 5.74) is -0.262. The zero-order chi connectivity index (χ0) is 40.2. The van der Waals surface area contributed by atoms with Crippen LogP contribution >= 0.6 is 0 Å². The number of aliphatic hydroxyl groups excluding tert-OH is 1. The molecule has 0 unspecified atom stereocenters. The Bertz CT molecular complexity index is 2450. The highest BCUT2D eigenvalue weighted by Gasteiger charge is 2.67. The molecular formula is C43H45N5O8Si. The van der Waals surface area contributed by atoms with E-state index in [9.17, 15) is 24.8 Å². The topological polar surface area (TPSA) is 157 Å². The summed E-state index contributed by atoms with van der Waals surface area (Å²) in [5, 5.41) is 29.1. The van der Waals surface area contributed by atoms with Gasteiger partial charge in [-0.3, -0.25) is 24.5 Å². The molecule has 14 heteroatoms. The van der Waals surface area contributed by atoms with E-state index in [4.69, 9.17) is 9.47 Å². The molecule has 1 aromatic heterocycles. The monoisotopic (exact) mass is 787 g/mol. The minimum absolute atomic E-state index is 0.00701. The maximum Gasteiger partial charge on any atom is 0.279 e. The van der Waals surface area contributed by atoms with Crippen molar-refractivity contribution in [1.29, 1.82) is 0 Å². The lowest BCUT2D eigenvalue weighted by atomic mass is 9.82. The first-order valence-corrected chi connectivity index (χ1v) is 22.4. The molecule has 13 nitrogen and oxygen atoms in total. The molecular weight excluding hydrogens is 743 g/mol. The maximum atomic E-state index is 15.4. The Balaban J connectivity index is 1.21. The van der Waals surface area contributed by atoms with E-state index in [1.807, 2.05) is 55.5 Å². The van der Waals surface area contributed by atoms with Gasteiger partial charge >= 0.3 is 0 Å². The molecule has 0 bridgehead atoms. The molecule has 0 saturated carbocycles. The van der Waals surface area contributed by atoms with Gasteiger partial charge in [-0.25, -0.2) is 0 Å². The van der Waals surface area contributed by atoms with Crippen LogP contribution in [-0.4, -0.2) is 77.0 Å². The molecule has 294 valence electrons. The number of aromatic nitrogens is 2. The highest BCUT2D eigenvalue weighted by atomic mass is 28.3. The van der Waals surface area contributed by atoms with Crippen molar-refractivity contribution in [3.8, 4) is 11.4 Å². The predicted octanol–water partition coefficient (Wildman–Crippen LogP) is 5.44. The van der Waals surface area contributed by atoms with Crippen molar-refractivity contribution in [2.45, 2.75) is 69.1 Å². The van der Waals surface area contributed by atoms with E-state index in [0.717, 1.165) is 17.0 Å². The molecule has 3 aliphatic rings. The zero-order valence-electron chi connectivity index (χ0n) is 32.3. The second kappa shape index (κ2) is 14.7. The third-order valence-corrected chi connectivity index (χ3v) is 16.9. The molecule has 1 spiro atoms. The van der Waals surface area contributed by atoms with Crippen molar-refractivity contribution in [3.05, 3.63) is 129 Å². The Kier molecular flexibility index (Phi) is 9.82. The molecule has 1 N–H and O–H groups in total. The second-order valence-electron chi connectivity index (χ2n) is 15.9. The van der Waals surface area contributed by atoms with Crippen LogP contribution < -0.4 is 20.4 Å². The minimum atomic E-state index is -2.63. The molecule has 4 aromatic carbocycles. The van der Waals surface area contributed by atoms with Gasteiger partial charge in [0.05, 0.1) is 74.8 Å². The highest BCUT2D eigenvalue weighted by molar-refractivity contribution is 6.91. The molecule has 2 amide bonds. The lowest BCUT2D eigenvalue weighted by molar-refractivity contribution is -0.385. The maximum absolute atomic E-state index is 15.4. The van der Waals surface area contributed by atoms with Crippen LogP contribution in [0.2, 0.25) is 18.6 Å². The number of ether oxygens (including phenoxy) is 2. The molecule has 4 heterocycles. The van der Waals surface area contributed by atoms with Crippen molar-refractivity contribution in [2.75, 3.05) is 25.2 Å². The summed E-state index contributed by atoms with van der Waals surface area (Å²) in [7, 11) is -1.02. The first-order valence-electron chi connectivity index (χ1n) is 19.3. The fourth-order valence-electron chi connectivity index (χ4n) is 9.66. The lowest BCUT2D eigenvalue weighted by Gasteiger charge is -2.37. The Hall–Kier alpha value is -5.70. The summed E-state index contributed by atoms with van der Waals surface area (Å²) in [4.78, 5) is 58.1. The van der Waals surface area contributed by atoms with E-state index in [-0.39, 0.29) is 54.2 Å². The Morgan fingerprint density at radius 2 is 1.82 bits per heavy atom. The third kappa shape index (κ3) is 6.32. The van der Waals surface area contributed by atoms with E-state index < -0.39 is 30.6 Å². The summed E-state index contributed by atoms with van der Waals surface area (Å²) in [6.45, 7) is 6.87. The average Bonchev–Trinajstić information content (AvgIpc) is 3.88. The highest BCUT2D eigenvalue weighted by Crippen LogP contribution is 2.60. The smallest absolute Gasteiger partial charge is 0.279 e. The van der Waals surface area contributed by atoms with E-state index >= 15 is 4.79 Å². The van der Waals surface area contributed by atoms with E-state index in [2.05, 4.69) is 18.2 Å². The number of nitro benzene ring substituents is 1. The lowest BCUT2D eigenvalue weighted by Crippen LogP contribution is -2.52. The van der Waals surface area contributed by atoms with Crippen molar-refractivity contribution < 1.29 is 29.1 Å². The number of benzene rings is 4. The fraction of sp³-hybridized carbons (Fsp3) is 0.349. The number of carbonyl (C=O) groups is 2. The van der Waals surface area contributed by atoms with Crippen LogP contribution in [0.1, 0.15) is 37.3 Å².